The third-order valence-corrected chi connectivity index (χ3v) is 4.30. The largest absolute Gasteiger partial charge is 0.352 e. The topological polar surface area (TPSA) is 55.1 Å². The minimum absolute atomic E-state index is 0.220. The molecule has 0 aromatic carbocycles. The van der Waals surface area contributed by atoms with Crippen LogP contribution in [0.4, 0.5) is 0 Å². The van der Waals surface area contributed by atoms with Crippen LogP contribution in [0.15, 0.2) is 0 Å². The van der Waals surface area contributed by atoms with Gasteiger partial charge in [-0.25, -0.2) is 0 Å². The van der Waals surface area contributed by atoms with Gasteiger partial charge in [0, 0.05) is 19.0 Å². The summed E-state index contributed by atoms with van der Waals surface area (Å²) in [5, 5.41) is 3.10. The van der Waals surface area contributed by atoms with Crippen LogP contribution in [0.1, 0.15) is 57.8 Å². The van der Waals surface area contributed by atoms with Gasteiger partial charge in [0.15, 0.2) is 0 Å². The Hall–Kier alpha value is -0.570. The molecule has 1 atom stereocenters. The zero-order valence-electron chi connectivity index (χ0n) is 10.8. The fourth-order valence-electron chi connectivity index (χ4n) is 2.96. The maximum Gasteiger partial charge on any atom is 0.220 e. The molecular weight excluding hydrogens is 212 g/mol. The number of amides is 1. The van der Waals surface area contributed by atoms with Gasteiger partial charge in [0.05, 0.1) is 0 Å². The van der Waals surface area contributed by atoms with Crippen molar-refractivity contribution >= 4 is 5.91 Å². The van der Waals surface area contributed by atoms with E-state index in [0.29, 0.717) is 18.9 Å². The Balaban J connectivity index is 1.62. The van der Waals surface area contributed by atoms with Crippen LogP contribution in [0.25, 0.3) is 0 Å². The second-order valence-electron chi connectivity index (χ2n) is 5.79. The quantitative estimate of drug-likeness (QED) is 0.745. The number of carbonyl (C=O) groups excluding carboxylic acids is 1. The highest BCUT2D eigenvalue weighted by molar-refractivity contribution is 5.76. The fourth-order valence-corrected chi connectivity index (χ4v) is 2.96. The number of nitrogens with one attached hydrogen (secondary N) is 1. The number of rotatable bonds is 6. The molecule has 1 unspecified atom stereocenters. The summed E-state index contributed by atoms with van der Waals surface area (Å²) < 4.78 is 0. The van der Waals surface area contributed by atoms with E-state index >= 15 is 0 Å². The minimum atomic E-state index is 0.220. The molecule has 2 aliphatic carbocycles. The first-order chi connectivity index (χ1) is 8.29. The van der Waals surface area contributed by atoms with Gasteiger partial charge in [-0.2, -0.15) is 0 Å². The Labute approximate surface area is 105 Å². The van der Waals surface area contributed by atoms with Crippen LogP contribution in [0.5, 0.6) is 0 Å². The zero-order valence-corrected chi connectivity index (χ0v) is 10.8. The molecular formula is C14H26N2O. The van der Waals surface area contributed by atoms with Crippen molar-refractivity contribution in [3.8, 4) is 0 Å². The number of carbonyl (C=O) groups is 1. The fraction of sp³-hybridized carbons (Fsp3) is 0.929. The Kier molecular flexibility index (Phi) is 4.84. The van der Waals surface area contributed by atoms with Gasteiger partial charge in [-0.05, 0) is 31.1 Å². The second-order valence-corrected chi connectivity index (χ2v) is 5.79. The molecule has 17 heavy (non-hydrogen) atoms. The van der Waals surface area contributed by atoms with Gasteiger partial charge in [-0.15, -0.1) is 0 Å². The van der Waals surface area contributed by atoms with Crippen molar-refractivity contribution in [1.29, 1.82) is 0 Å². The van der Waals surface area contributed by atoms with E-state index in [1.807, 2.05) is 0 Å². The van der Waals surface area contributed by atoms with E-state index in [2.05, 4.69) is 5.32 Å². The van der Waals surface area contributed by atoms with Crippen LogP contribution < -0.4 is 11.1 Å². The molecule has 0 heterocycles. The summed E-state index contributed by atoms with van der Waals surface area (Å²) in [4.78, 5) is 11.8. The predicted molar refractivity (Wildman–Crippen MR) is 69.5 cm³/mol. The first kappa shape index (κ1) is 12.9. The van der Waals surface area contributed by atoms with Crippen LogP contribution in [-0.2, 0) is 4.79 Å². The van der Waals surface area contributed by atoms with Crippen molar-refractivity contribution in [3.05, 3.63) is 0 Å². The SMILES string of the molecule is NCC(NC(=O)CCC1CCCCC1)C1CC1. The van der Waals surface area contributed by atoms with Gasteiger partial charge in [-0.1, -0.05) is 32.1 Å². The van der Waals surface area contributed by atoms with E-state index in [9.17, 15) is 4.79 Å². The normalized spacial score (nSPS) is 23.4. The van der Waals surface area contributed by atoms with Crippen molar-refractivity contribution in [2.24, 2.45) is 17.6 Å². The van der Waals surface area contributed by atoms with Gasteiger partial charge in [0.25, 0.3) is 0 Å². The lowest BCUT2D eigenvalue weighted by Gasteiger charge is -2.22. The number of hydrogen-bond acceptors (Lipinski definition) is 2. The third kappa shape index (κ3) is 4.30. The molecule has 2 saturated carbocycles. The Morgan fingerprint density at radius 3 is 2.47 bits per heavy atom. The van der Waals surface area contributed by atoms with Crippen LogP contribution >= 0.6 is 0 Å². The highest BCUT2D eigenvalue weighted by Gasteiger charge is 2.31. The first-order valence-electron chi connectivity index (χ1n) is 7.29. The van der Waals surface area contributed by atoms with Crippen molar-refractivity contribution in [2.45, 2.75) is 63.8 Å². The molecule has 3 heteroatoms. The molecule has 3 nitrogen and oxygen atoms in total. The predicted octanol–water partition coefficient (Wildman–Crippen LogP) is 2.20. The molecule has 0 radical (unpaired) electrons. The van der Waals surface area contributed by atoms with Crippen LogP contribution in [-0.4, -0.2) is 18.5 Å². The van der Waals surface area contributed by atoms with E-state index in [0.717, 1.165) is 12.3 Å². The Bertz CT molecular complexity index is 245. The van der Waals surface area contributed by atoms with E-state index in [-0.39, 0.29) is 11.9 Å². The molecule has 0 aromatic heterocycles. The van der Waals surface area contributed by atoms with E-state index < -0.39 is 0 Å². The van der Waals surface area contributed by atoms with Gasteiger partial charge < -0.3 is 11.1 Å². The molecule has 2 aliphatic rings. The van der Waals surface area contributed by atoms with E-state index in [1.165, 1.54) is 44.9 Å². The molecule has 0 aromatic rings. The summed E-state index contributed by atoms with van der Waals surface area (Å²) in [6.45, 7) is 0.597. The van der Waals surface area contributed by atoms with Crippen LogP contribution in [0.2, 0.25) is 0 Å². The van der Waals surface area contributed by atoms with Gasteiger partial charge in [-0.3, -0.25) is 4.79 Å². The Morgan fingerprint density at radius 2 is 1.88 bits per heavy atom. The lowest BCUT2D eigenvalue weighted by atomic mass is 9.86. The average Bonchev–Trinajstić information content (AvgIpc) is 3.19. The molecule has 0 spiro atoms. The lowest BCUT2D eigenvalue weighted by molar-refractivity contribution is -0.122. The Morgan fingerprint density at radius 1 is 1.18 bits per heavy atom. The van der Waals surface area contributed by atoms with Crippen molar-refractivity contribution in [2.75, 3.05) is 6.54 Å². The van der Waals surface area contributed by atoms with Crippen LogP contribution in [0, 0.1) is 11.8 Å². The summed E-state index contributed by atoms with van der Waals surface area (Å²) in [6, 6.07) is 0.244. The molecule has 2 rings (SSSR count). The van der Waals surface area contributed by atoms with E-state index in [4.69, 9.17) is 5.73 Å². The average molecular weight is 238 g/mol. The van der Waals surface area contributed by atoms with E-state index in [1.54, 1.807) is 0 Å². The molecule has 1 amide bonds. The minimum Gasteiger partial charge on any atom is -0.352 e. The summed E-state index contributed by atoms with van der Waals surface area (Å²) in [5.41, 5.74) is 5.69. The summed E-state index contributed by atoms with van der Waals surface area (Å²) in [5.74, 6) is 1.68. The van der Waals surface area contributed by atoms with Crippen LogP contribution in [0.3, 0.4) is 0 Å². The molecule has 2 fully saturated rings. The third-order valence-electron chi connectivity index (χ3n) is 4.30. The van der Waals surface area contributed by atoms with Gasteiger partial charge in [0.2, 0.25) is 5.91 Å². The first-order valence-corrected chi connectivity index (χ1v) is 7.29. The smallest absolute Gasteiger partial charge is 0.220 e. The molecule has 0 saturated heterocycles. The van der Waals surface area contributed by atoms with Crippen molar-refractivity contribution < 1.29 is 4.79 Å². The highest BCUT2D eigenvalue weighted by Crippen LogP contribution is 2.32. The maximum absolute atomic E-state index is 11.8. The molecule has 98 valence electrons. The molecule has 3 N–H and O–H groups in total. The molecule has 0 aliphatic heterocycles. The van der Waals surface area contributed by atoms with Gasteiger partial charge >= 0.3 is 0 Å². The lowest BCUT2D eigenvalue weighted by Crippen LogP contribution is -2.41. The standard InChI is InChI=1S/C14H26N2O/c15-10-13(12-7-8-12)16-14(17)9-6-11-4-2-1-3-5-11/h11-13H,1-10,15H2,(H,16,17). The van der Waals surface area contributed by atoms with Crippen molar-refractivity contribution in [1.82, 2.24) is 5.32 Å². The molecule has 0 bridgehead atoms. The second kappa shape index (κ2) is 6.39. The maximum atomic E-state index is 11.8. The number of hydrogen-bond donors (Lipinski definition) is 2. The summed E-state index contributed by atoms with van der Waals surface area (Å²) in [6.07, 6.45) is 11.0. The van der Waals surface area contributed by atoms with Crippen molar-refractivity contribution in [3.63, 3.8) is 0 Å². The summed E-state index contributed by atoms with van der Waals surface area (Å²) in [7, 11) is 0. The monoisotopic (exact) mass is 238 g/mol. The van der Waals surface area contributed by atoms with Gasteiger partial charge in [0.1, 0.15) is 0 Å². The number of nitrogens with two attached hydrogens (primary N) is 1. The zero-order chi connectivity index (χ0) is 12.1. The summed E-state index contributed by atoms with van der Waals surface area (Å²) >= 11 is 0. The highest BCUT2D eigenvalue weighted by atomic mass is 16.1.